The third-order valence-electron chi connectivity index (χ3n) is 6.30. The van der Waals surface area contributed by atoms with Gasteiger partial charge in [-0.3, -0.25) is 9.78 Å². The molecule has 41 heavy (non-hydrogen) atoms. The molecule has 1 saturated heterocycles. The van der Waals surface area contributed by atoms with Crippen molar-refractivity contribution in [2.75, 3.05) is 49.6 Å². The van der Waals surface area contributed by atoms with Gasteiger partial charge in [-0.25, -0.2) is 19.6 Å². The molecule has 2 aromatic heterocycles. The van der Waals surface area contributed by atoms with Crippen LogP contribution in [0.2, 0.25) is 0 Å². The van der Waals surface area contributed by atoms with Crippen LogP contribution in [0.4, 0.5) is 11.6 Å². The quantitative estimate of drug-likeness (QED) is 0.225. The second kappa shape index (κ2) is 14.6. The Morgan fingerprint density at radius 3 is 2.05 bits per heavy atom. The maximum absolute atomic E-state index is 11.7. The number of carboxylic acid groups (broad SMARTS) is 2. The number of amides is 1. The first-order valence-corrected chi connectivity index (χ1v) is 12.7. The van der Waals surface area contributed by atoms with Crippen molar-refractivity contribution in [2.45, 2.75) is 18.8 Å². The molecule has 3 heterocycles. The largest absolute Gasteiger partial charge is 0.479 e. The highest BCUT2D eigenvalue weighted by atomic mass is 16.4. The summed E-state index contributed by atoms with van der Waals surface area (Å²) in [5, 5.41) is 32.5. The average molecular weight is 568 g/mol. The average Bonchev–Trinajstić information content (AvgIpc) is 3.00. The van der Waals surface area contributed by atoms with Crippen molar-refractivity contribution >= 4 is 29.5 Å². The maximum atomic E-state index is 11.7. The van der Waals surface area contributed by atoms with Gasteiger partial charge in [0, 0.05) is 63.9 Å². The predicted molar refractivity (Wildman–Crippen MR) is 149 cm³/mol. The van der Waals surface area contributed by atoms with Crippen molar-refractivity contribution < 1.29 is 34.8 Å². The number of hydrogen-bond donors (Lipinski definition) is 5. The number of piperazine rings is 1. The van der Waals surface area contributed by atoms with Crippen molar-refractivity contribution in [3.8, 4) is 11.1 Å². The second-order valence-corrected chi connectivity index (χ2v) is 9.18. The van der Waals surface area contributed by atoms with E-state index in [-0.39, 0.29) is 12.5 Å². The van der Waals surface area contributed by atoms with Crippen LogP contribution in [0.3, 0.4) is 0 Å². The number of likely N-dealkylation sites (N-methyl/N-ethyl adjacent to an activating group) is 1. The zero-order chi connectivity index (χ0) is 29.9. The lowest BCUT2D eigenvalue weighted by Gasteiger charge is -2.35. The second-order valence-electron chi connectivity index (χ2n) is 9.18. The lowest BCUT2D eigenvalue weighted by molar-refractivity contribution is -0.165. The molecule has 1 amide bonds. The molecular formula is C27H33N7O7. The van der Waals surface area contributed by atoms with Gasteiger partial charge >= 0.3 is 11.9 Å². The Kier molecular flexibility index (Phi) is 11.0. The Morgan fingerprint density at radius 2 is 1.51 bits per heavy atom. The molecule has 6 N–H and O–H groups in total. The Balaban J connectivity index is 0.000000397. The number of carbonyl (C=O) groups is 3. The fourth-order valence-electron chi connectivity index (χ4n) is 3.98. The van der Waals surface area contributed by atoms with Crippen LogP contribution in [-0.4, -0.2) is 110 Å². The molecule has 14 nitrogen and oxygen atoms in total. The zero-order valence-electron chi connectivity index (χ0n) is 22.4. The highest BCUT2D eigenvalue weighted by Gasteiger charge is 2.29. The normalized spacial score (nSPS) is 14.3. The van der Waals surface area contributed by atoms with Gasteiger partial charge < -0.3 is 40.9 Å². The summed E-state index contributed by atoms with van der Waals surface area (Å²) in [6.07, 6.45) is 2.89. The summed E-state index contributed by atoms with van der Waals surface area (Å²) >= 11 is 0. The fraction of sp³-hybridized carbons (Fsp3) is 0.333. The van der Waals surface area contributed by atoms with Crippen molar-refractivity contribution in [2.24, 2.45) is 5.73 Å². The predicted octanol–water partition coefficient (Wildman–Crippen LogP) is -0.340. The van der Waals surface area contributed by atoms with E-state index in [4.69, 9.17) is 26.2 Å². The summed E-state index contributed by atoms with van der Waals surface area (Å²) in [5.41, 5.74) is 9.61. The van der Waals surface area contributed by atoms with E-state index in [1.54, 1.807) is 18.1 Å². The molecule has 3 aromatic rings. The fourth-order valence-corrected chi connectivity index (χ4v) is 3.98. The van der Waals surface area contributed by atoms with Crippen LogP contribution >= 0.6 is 0 Å². The van der Waals surface area contributed by atoms with E-state index in [2.05, 4.69) is 36.9 Å². The van der Waals surface area contributed by atoms with Gasteiger partial charge in [-0.1, -0.05) is 18.2 Å². The number of pyridine rings is 1. The van der Waals surface area contributed by atoms with E-state index in [1.807, 2.05) is 42.9 Å². The number of anilines is 2. The first kappa shape index (κ1) is 30.9. The molecule has 0 bridgehead atoms. The van der Waals surface area contributed by atoms with Crippen molar-refractivity contribution in [3.63, 3.8) is 0 Å². The molecule has 14 heteroatoms. The van der Waals surface area contributed by atoms with Crippen molar-refractivity contribution in [3.05, 3.63) is 66.7 Å². The molecule has 1 aliphatic rings. The van der Waals surface area contributed by atoms with E-state index in [0.717, 1.165) is 54.5 Å². The summed E-state index contributed by atoms with van der Waals surface area (Å²) in [5.74, 6) is -2.87. The number of aliphatic hydroxyl groups excluding tert-OH is 2. The van der Waals surface area contributed by atoms with Crippen LogP contribution < -0.4 is 15.5 Å². The summed E-state index contributed by atoms with van der Waals surface area (Å²) < 4.78 is 0. The molecule has 0 radical (unpaired) electrons. The summed E-state index contributed by atoms with van der Waals surface area (Å²) in [7, 11) is 1.76. The van der Waals surface area contributed by atoms with Crippen LogP contribution in [0, 0.1) is 0 Å². The van der Waals surface area contributed by atoms with Gasteiger partial charge in [0.25, 0.3) is 0 Å². The van der Waals surface area contributed by atoms with Crippen molar-refractivity contribution in [1.82, 2.24) is 19.9 Å². The molecule has 2 unspecified atom stereocenters. The Bertz CT molecular complexity index is 1280. The number of rotatable bonds is 9. The third kappa shape index (κ3) is 8.66. The SMILES string of the molecule is CN(Cc1cccc(-c2cnc(N3CCN(c4cccnc4)CC3)nc2)c1)C(=O)CN.O=C(O)C(O)C(O)C(=O)O. The Labute approximate surface area is 236 Å². The number of carboxylic acids is 2. The minimum absolute atomic E-state index is 0.0159. The molecule has 218 valence electrons. The van der Waals surface area contributed by atoms with E-state index in [9.17, 15) is 14.4 Å². The topological polar surface area (TPSA) is 207 Å². The van der Waals surface area contributed by atoms with E-state index in [0.29, 0.717) is 6.54 Å². The van der Waals surface area contributed by atoms with Crippen LogP contribution in [0.15, 0.2) is 61.2 Å². The molecule has 0 spiro atoms. The summed E-state index contributed by atoms with van der Waals surface area (Å²) in [4.78, 5) is 50.9. The minimum atomic E-state index is -2.27. The molecule has 2 atom stereocenters. The molecule has 1 aliphatic heterocycles. The van der Waals surface area contributed by atoms with Gasteiger partial charge in [0.05, 0.1) is 18.4 Å². The summed E-state index contributed by atoms with van der Waals surface area (Å²) in [6, 6.07) is 12.1. The van der Waals surface area contributed by atoms with Crippen LogP contribution in [0.25, 0.3) is 11.1 Å². The summed E-state index contributed by atoms with van der Waals surface area (Å²) in [6.45, 7) is 4.09. The minimum Gasteiger partial charge on any atom is -0.479 e. The lowest BCUT2D eigenvalue weighted by atomic mass is 10.1. The Morgan fingerprint density at radius 1 is 0.902 bits per heavy atom. The van der Waals surface area contributed by atoms with Gasteiger partial charge in [0.1, 0.15) is 0 Å². The number of nitrogens with zero attached hydrogens (tertiary/aromatic N) is 6. The van der Waals surface area contributed by atoms with Gasteiger partial charge in [-0.05, 0) is 29.3 Å². The molecule has 0 saturated carbocycles. The molecule has 4 rings (SSSR count). The van der Waals surface area contributed by atoms with E-state index >= 15 is 0 Å². The van der Waals surface area contributed by atoms with Gasteiger partial charge in [0.15, 0.2) is 12.2 Å². The van der Waals surface area contributed by atoms with Gasteiger partial charge in [-0.15, -0.1) is 0 Å². The number of nitrogens with two attached hydrogens (primary N) is 1. The highest BCUT2D eigenvalue weighted by Crippen LogP contribution is 2.22. The number of aromatic nitrogens is 3. The third-order valence-corrected chi connectivity index (χ3v) is 6.30. The highest BCUT2D eigenvalue weighted by molar-refractivity contribution is 5.83. The number of carbonyl (C=O) groups excluding carboxylic acids is 1. The number of benzene rings is 1. The Hall–Kier alpha value is -4.66. The number of aliphatic carboxylic acids is 2. The molecule has 1 fully saturated rings. The first-order chi connectivity index (χ1) is 19.6. The van der Waals surface area contributed by atoms with E-state index < -0.39 is 24.1 Å². The molecule has 0 aliphatic carbocycles. The standard InChI is InChI=1S/C23H27N7O.C4H6O6/c1-28(22(31)13-24)17-18-4-2-5-19(12-18)20-14-26-23(27-15-20)30-10-8-29(9-11-30)21-6-3-7-25-16-21;5-1(3(7)8)2(6)4(9)10/h2-7,12,14-16H,8-11,13,17,24H2,1H3;1-2,5-6H,(H,7,8)(H,9,10). The lowest BCUT2D eigenvalue weighted by Crippen LogP contribution is -2.47. The zero-order valence-corrected chi connectivity index (χ0v) is 22.4. The van der Waals surface area contributed by atoms with Crippen molar-refractivity contribution in [1.29, 1.82) is 0 Å². The monoisotopic (exact) mass is 567 g/mol. The van der Waals surface area contributed by atoms with Gasteiger partial charge in [0.2, 0.25) is 11.9 Å². The van der Waals surface area contributed by atoms with Gasteiger partial charge in [-0.2, -0.15) is 0 Å². The number of aliphatic hydroxyl groups is 2. The van der Waals surface area contributed by atoms with E-state index in [1.165, 1.54) is 0 Å². The first-order valence-electron chi connectivity index (χ1n) is 12.7. The van der Waals surface area contributed by atoms with Crippen LogP contribution in [-0.2, 0) is 20.9 Å². The number of hydrogen-bond acceptors (Lipinski definition) is 11. The van der Waals surface area contributed by atoms with Crippen LogP contribution in [0.5, 0.6) is 0 Å². The van der Waals surface area contributed by atoms with Crippen LogP contribution in [0.1, 0.15) is 5.56 Å². The molecule has 1 aromatic carbocycles. The smallest absolute Gasteiger partial charge is 0.335 e. The maximum Gasteiger partial charge on any atom is 0.335 e. The molecular weight excluding hydrogens is 534 g/mol.